The second-order valence-corrected chi connectivity index (χ2v) is 7.09. The molecular weight excluding hydrogens is 476 g/mol. The largest absolute Gasteiger partial charge is 0.494 e. The normalized spacial score (nSPS) is 12.5. The van der Waals surface area contributed by atoms with E-state index in [1.54, 1.807) is 0 Å². The lowest BCUT2D eigenvalue weighted by Crippen LogP contribution is -2.12. The molecule has 0 saturated heterocycles. The number of nitrogens with zero attached hydrogens (tertiary/aromatic N) is 1. The molecule has 0 radical (unpaired) electrons. The van der Waals surface area contributed by atoms with Crippen molar-refractivity contribution in [1.29, 1.82) is 0 Å². The fourth-order valence-corrected chi connectivity index (χ4v) is 3.41. The minimum Gasteiger partial charge on any atom is -0.494 e. The van der Waals surface area contributed by atoms with Crippen molar-refractivity contribution >= 4 is 0 Å². The third-order valence-corrected chi connectivity index (χ3v) is 5.14. The van der Waals surface area contributed by atoms with E-state index in [2.05, 4.69) is 0 Å². The molecule has 3 rings (SSSR count). The molecule has 0 spiro atoms. The van der Waals surface area contributed by atoms with Crippen LogP contribution >= 0.6 is 0 Å². The quantitative estimate of drug-likeness (QED) is 0.272. The summed E-state index contributed by atoms with van der Waals surface area (Å²) < 4.78 is 137. The van der Waals surface area contributed by atoms with Crippen LogP contribution < -0.4 is 0 Å². The highest BCUT2D eigenvalue weighted by atomic mass is 19.2. The molecule has 0 aliphatic carbocycles. The second-order valence-electron chi connectivity index (χ2n) is 7.09. The van der Waals surface area contributed by atoms with Gasteiger partial charge in [0.1, 0.15) is 5.69 Å². The van der Waals surface area contributed by atoms with Gasteiger partial charge >= 0.3 is 0 Å². The smallest absolute Gasteiger partial charge is 0.202 e. The van der Waals surface area contributed by atoms with E-state index in [9.17, 15) is 54.1 Å². The van der Waals surface area contributed by atoms with Crippen molar-refractivity contribution in [1.82, 2.24) is 4.57 Å². The average molecular weight is 487 g/mol. The summed E-state index contributed by atoms with van der Waals surface area (Å²) in [4.78, 5) is 0. The molecule has 13 heteroatoms. The van der Waals surface area contributed by atoms with Gasteiger partial charge in [0.15, 0.2) is 46.5 Å². The fraction of sp³-hybridized carbons (Fsp3) is 0.200. The number of hydrogen-bond donors (Lipinski definition) is 2. The van der Waals surface area contributed by atoms with Crippen LogP contribution in [0.5, 0.6) is 11.8 Å². The first-order valence-corrected chi connectivity index (χ1v) is 8.89. The van der Waals surface area contributed by atoms with E-state index in [1.807, 2.05) is 0 Å². The molecule has 1 atom stereocenters. The number of rotatable bonds is 4. The van der Waals surface area contributed by atoms with Crippen LogP contribution in [0.4, 0.5) is 43.9 Å². The van der Waals surface area contributed by atoms with Crippen LogP contribution in [0.25, 0.3) is 5.69 Å². The molecule has 0 saturated carbocycles. The highest BCUT2D eigenvalue weighted by molar-refractivity contribution is 5.54. The van der Waals surface area contributed by atoms with Crippen LogP contribution in [0.3, 0.4) is 0 Å². The van der Waals surface area contributed by atoms with Gasteiger partial charge in [-0.25, -0.2) is 48.5 Å². The van der Waals surface area contributed by atoms with Gasteiger partial charge in [-0.2, -0.15) is 0 Å². The lowest BCUT2D eigenvalue weighted by atomic mass is 9.92. The molecule has 0 aliphatic heterocycles. The maximum absolute atomic E-state index is 14.2. The summed E-state index contributed by atoms with van der Waals surface area (Å²) in [5.41, 5.74) is -3.98. The minimum atomic E-state index is -2.50. The van der Waals surface area contributed by atoms with Gasteiger partial charge < -0.3 is 10.2 Å². The molecule has 3 aromatic rings. The zero-order valence-corrected chi connectivity index (χ0v) is 16.4. The molecule has 1 aromatic heterocycles. The molecule has 1 heterocycles. The summed E-state index contributed by atoms with van der Waals surface area (Å²) >= 11 is 0. The van der Waals surface area contributed by atoms with E-state index in [-0.39, 0.29) is 4.57 Å². The van der Waals surface area contributed by atoms with Crippen LogP contribution in [0.1, 0.15) is 29.5 Å². The predicted molar refractivity (Wildman–Crippen MR) is 92.0 cm³/mol. The number of halogens is 10. The molecule has 33 heavy (non-hydrogen) atoms. The summed E-state index contributed by atoms with van der Waals surface area (Å²) in [5.74, 6) is -27.4. The molecule has 2 N–H and O–H groups in total. The average Bonchev–Trinajstić information content (AvgIpc) is 2.97. The summed E-state index contributed by atoms with van der Waals surface area (Å²) in [6.45, 7) is 1.99. The Morgan fingerprint density at radius 1 is 0.606 bits per heavy atom. The van der Waals surface area contributed by atoms with Gasteiger partial charge in [0, 0.05) is 16.7 Å². The van der Waals surface area contributed by atoms with Crippen molar-refractivity contribution in [3.05, 3.63) is 74.9 Å². The molecule has 0 aliphatic rings. The molecule has 3 nitrogen and oxygen atoms in total. The third-order valence-electron chi connectivity index (χ3n) is 5.14. The number of benzene rings is 2. The molecule has 0 bridgehead atoms. The Kier molecular flexibility index (Phi) is 6.03. The number of hydrogen-bond acceptors (Lipinski definition) is 2. The Labute approximate surface area is 178 Å². The van der Waals surface area contributed by atoms with Crippen LogP contribution in [0.2, 0.25) is 0 Å². The van der Waals surface area contributed by atoms with Gasteiger partial charge in [-0.05, 0) is 19.3 Å². The molecule has 1 unspecified atom stereocenters. The van der Waals surface area contributed by atoms with Gasteiger partial charge in [0.25, 0.3) is 0 Å². The Morgan fingerprint density at radius 3 is 1.39 bits per heavy atom. The van der Waals surface area contributed by atoms with E-state index in [4.69, 9.17) is 0 Å². The van der Waals surface area contributed by atoms with E-state index in [0.717, 1.165) is 13.8 Å². The highest BCUT2D eigenvalue weighted by Crippen LogP contribution is 2.42. The standard InChI is InChI=1S/C20H11F10NO2/c1-4(7-8(21)10(23)12(25)11(24)9(7)22)3-6-5(2)19(32)31(20(6)33)18-16(29)14(27)13(26)15(28)17(18)30/h4,32-33H,3H2,1-2H3. The molecule has 2 aromatic carbocycles. The van der Waals surface area contributed by atoms with E-state index in [1.165, 1.54) is 0 Å². The summed E-state index contributed by atoms with van der Waals surface area (Å²) in [6, 6.07) is 0. The Morgan fingerprint density at radius 2 is 0.970 bits per heavy atom. The van der Waals surface area contributed by atoms with E-state index in [0.29, 0.717) is 0 Å². The molecular formula is C20H11F10NO2. The highest BCUT2D eigenvalue weighted by Gasteiger charge is 2.34. The first-order valence-electron chi connectivity index (χ1n) is 8.89. The lowest BCUT2D eigenvalue weighted by Gasteiger charge is -2.16. The second kappa shape index (κ2) is 8.19. The summed E-state index contributed by atoms with van der Waals surface area (Å²) in [6.07, 6.45) is -0.772. The van der Waals surface area contributed by atoms with Crippen molar-refractivity contribution in [3.63, 3.8) is 0 Å². The molecule has 0 fully saturated rings. The minimum absolute atomic E-state index is 0.133. The van der Waals surface area contributed by atoms with Crippen LogP contribution in [0.15, 0.2) is 0 Å². The van der Waals surface area contributed by atoms with Crippen molar-refractivity contribution in [2.45, 2.75) is 26.2 Å². The van der Waals surface area contributed by atoms with Crippen LogP contribution in [-0.4, -0.2) is 14.8 Å². The Balaban J connectivity index is 2.19. The first-order chi connectivity index (χ1) is 15.2. The van der Waals surface area contributed by atoms with Crippen LogP contribution in [0, 0.1) is 65.1 Å². The van der Waals surface area contributed by atoms with E-state index < -0.39 is 105 Å². The SMILES string of the molecule is Cc1c(CC(C)c2c(F)c(F)c(F)c(F)c2F)c(O)n(-c2c(F)c(F)c(F)c(F)c2F)c1O. The number of aromatic nitrogens is 1. The van der Waals surface area contributed by atoms with Crippen LogP contribution in [-0.2, 0) is 6.42 Å². The lowest BCUT2D eigenvalue weighted by molar-refractivity contribution is 0.357. The maximum atomic E-state index is 14.2. The topological polar surface area (TPSA) is 45.4 Å². The van der Waals surface area contributed by atoms with Crippen molar-refractivity contribution in [3.8, 4) is 17.4 Å². The van der Waals surface area contributed by atoms with E-state index >= 15 is 0 Å². The van der Waals surface area contributed by atoms with Crippen molar-refractivity contribution in [2.75, 3.05) is 0 Å². The van der Waals surface area contributed by atoms with Crippen molar-refractivity contribution in [2.24, 2.45) is 0 Å². The zero-order chi connectivity index (χ0) is 25.1. The van der Waals surface area contributed by atoms with Crippen molar-refractivity contribution < 1.29 is 54.1 Å². The molecule has 0 amide bonds. The predicted octanol–water partition coefficient (Wildman–Crippen LogP) is 5.93. The maximum Gasteiger partial charge on any atom is 0.202 e. The number of aromatic hydroxyl groups is 2. The Hall–Kier alpha value is -3.38. The van der Waals surface area contributed by atoms with Gasteiger partial charge in [0.2, 0.25) is 23.4 Å². The van der Waals surface area contributed by atoms with Gasteiger partial charge in [-0.1, -0.05) is 6.92 Å². The third kappa shape index (κ3) is 3.45. The van der Waals surface area contributed by atoms with Gasteiger partial charge in [-0.15, -0.1) is 0 Å². The zero-order valence-electron chi connectivity index (χ0n) is 16.4. The first kappa shape index (κ1) is 24.3. The summed E-state index contributed by atoms with van der Waals surface area (Å²) in [7, 11) is 0. The Bertz CT molecular complexity index is 1240. The fourth-order valence-electron chi connectivity index (χ4n) is 3.41. The molecule has 178 valence electrons. The summed E-state index contributed by atoms with van der Waals surface area (Å²) in [5, 5.41) is 20.6. The van der Waals surface area contributed by atoms with Gasteiger partial charge in [-0.3, -0.25) is 0 Å². The monoisotopic (exact) mass is 487 g/mol. The van der Waals surface area contributed by atoms with Gasteiger partial charge in [0.05, 0.1) is 0 Å².